The van der Waals surface area contributed by atoms with E-state index < -0.39 is 4.92 Å². The Kier molecular flexibility index (Phi) is 4.01. The monoisotopic (exact) mass is 244 g/mol. The molecule has 0 radical (unpaired) electrons. The SMILES string of the molecule is C=C(Cl)CNC(=O)Cn1ccc([N+](=O)[O-])n1. The molecule has 1 aromatic heterocycles. The normalized spacial score (nSPS) is 9.81. The highest BCUT2D eigenvalue weighted by molar-refractivity contribution is 6.29. The fourth-order valence-corrected chi connectivity index (χ4v) is 1.00. The van der Waals surface area contributed by atoms with E-state index in [1.54, 1.807) is 0 Å². The fraction of sp³-hybridized carbons (Fsp3) is 0.250. The molecule has 0 fully saturated rings. The van der Waals surface area contributed by atoms with Gasteiger partial charge in [0.2, 0.25) is 5.91 Å². The largest absolute Gasteiger partial charge is 0.389 e. The van der Waals surface area contributed by atoms with Gasteiger partial charge >= 0.3 is 5.82 Å². The Morgan fingerprint density at radius 3 is 2.94 bits per heavy atom. The van der Waals surface area contributed by atoms with E-state index in [0.717, 1.165) is 0 Å². The van der Waals surface area contributed by atoms with Gasteiger partial charge in [-0.15, -0.1) is 0 Å². The van der Waals surface area contributed by atoms with E-state index in [1.807, 2.05) is 0 Å². The van der Waals surface area contributed by atoms with Crippen LogP contribution in [0.1, 0.15) is 0 Å². The summed E-state index contributed by atoms with van der Waals surface area (Å²) >= 11 is 5.45. The zero-order chi connectivity index (χ0) is 12.1. The van der Waals surface area contributed by atoms with Crippen molar-refractivity contribution in [3.8, 4) is 0 Å². The van der Waals surface area contributed by atoms with E-state index in [2.05, 4.69) is 17.0 Å². The molecule has 1 heterocycles. The highest BCUT2D eigenvalue weighted by Gasteiger charge is 2.12. The first kappa shape index (κ1) is 12.2. The van der Waals surface area contributed by atoms with Crippen LogP contribution in [0, 0.1) is 10.1 Å². The van der Waals surface area contributed by atoms with Crippen molar-refractivity contribution in [2.75, 3.05) is 6.54 Å². The minimum Gasteiger partial charge on any atom is -0.358 e. The van der Waals surface area contributed by atoms with E-state index >= 15 is 0 Å². The van der Waals surface area contributed by atoms with E-state index in [0.29, 0.717) is 5.03 Å². The predicted molar refractivity (Wildman–Crippen MR) is 56.9 cm³/mol. The molecule has 0 unspecified atom stereocenters. The third kappa shape index (κ3) is 3.70. The Bertz CT molecular complexity index is 429. The maximum Gasteiger partial charge on any atom is 0.389 e. The van der Waals surface area contributed by atoms with Crippen molar-refractivity contribution in [2.45, 2.75) is 6.54 Å². The lowest BCUT2D eigenvalue weighted by Crippen LogP contribution is -2.28. The van der Waals surface area contributed by atoms with Crippen LogP contribution in [0.25, 0.3) is 0 Å². The molecule has 8 heteroatoms. The average Bonchev–Trinajstić information content (AvgIpc) is 2.63. The molecule has 0 saturated heterocycles. The number of aromatic nitrogens is 2. The molecule has 0 aromatic carbocycles. The molecular weight excluding hydrogens is 236 g/mol. The van der Waals surface area contributed by atoms with Crippen LogP contribution in [0.2, 0.25) is 0 Å². The van der Waals surface area contributed by atoms with Crippen molar-refractivity contribution in [2.24, 2.45) is 0 Å². The number of hydrogen-bond acceptors (Lipinski definition) is 4. The summed E-state index contributed by atoms with van der Waals surface area (Å²) < 4.78 is 1.17. The van der Waals surface area contributed by atoms with E-state index in [-0.39, 0.29) is 24.8 Å². The Morgan fingerprint density at radius 1 is 1.75 bits per heavy atom. The van der Waals surface area contributed by atoms with Crippen LogP contribution in [-0.2, 0) is 11.3 Å². The first-order valence-electron chi connectivity index (χ1n) is 4.27. The number of nitro groups is 1. The third-order valence-electron chi connectivity index (χ3n) is 1.60. The highest BCUT2D eigenvalue weighted by Crippen LogP contribution is 2.04. The van der Waals surface area contributed by atoms with Crippen molar-refractivity contribution in [3.63, 3.8) is 0 Å². The molecule has 0 saturated carbocycles. The Hall–Kier alpha value is -1.89. The van der Waals surface area contributed by atoms with Gasteiger partial charge in [-0.05, 0) is 4.92 Å². The van der Waals surface area contributed by atoms with Gasteiger partial charge in [0.1, 0.15) is 6.54 Å². The maximum absolute atomic E-state index is 11.3. The molecule has 0 spiro atoms. The zero-order valence-corrected chi connectivity index (χ0v) is 8.98. The Balaban J connectivity index is 2.49. The van der Waals surface area contributed by atoms with Crippen LogP contribution >= 0.6 is 11.6 Å². The minimum atomic E-state index is -0.630. The van der Waals surface area contributed by atoms with Crippen LogP contribution in [0.15, 0.2) is 23.9 Å². The number of rotatable bonds is 5. The number of carbonyl (C=O) groups excluding carboxylic acids is 1. The summed E-state index contributed by atoms with van der Waals surface area (Å²) in [4.78, 5) is 20.9. The molecule has 1 amide bonds. The molecule has 0 aliphatic rings. The molecule has 0 atom stereocenters. The lowest BCUT2D eigenvalue weighted by molar-refractivity contribution is -0.389. The number of hydrogen-bond donors (Lipinski definition) is 1. The fourth-order valence-electron chi connectivity index (χ4n) is 0.934. The van der Waals surface area contributed by atoms with Gasteiger partial charge in [-0.1, -0.05) is 18.2 Å². The van der Waals surface area contributed by atoms with Gasteiger partial charge in [0.05, 0.1) is 23.9 Å². The van der Waals surface area contributed by atoms with Crippen molar-refractivity contribution >= 4 is 23.3 Å². The number of nitrogens with one attached hydrogen (secondary N) is 1. The number of amides is 1. The summed E-state index contributed by atoms with van der Waals surface area (Å²) in [5.74, 6) is -0.644. The van der Waals surface area contributed by atoms with Crippen molar-refractivity contribution < 1.29 is 9.72 Å². The highest BCUT2D eigenvalue weighted by atomic mass is 35.5. The van der Waals surface area contributed by atoms with Gasteiger partial charge in [-0.25, -0.2) is 0 Å². The molecule has 7 nitrogen and oxygen atoms in total. The van der Waals surface area contributed by atoms with Gasteiger partial charge in [0.15, 0.2) is 0 Å². The topological polar surface area (TPSA) is 90.1 Å². The summed E-state index contributed by atoms with van der Waals surface area (Å²) in [6, 6.07) is 1.22. The first-order valence-corrected chi connectivity index (χ1v) is 4.64. The van der Waals surface area contributed by atoms with E-state index in [1.165, 1.54) is 16.9 Å². The second-order valence-electron chi connectivity index (χ2n) is 2.92. The average molecular weight is 245 g/mol. The quantitative estimate of drug-likeness (QED) is 0.609. The van der Waals surface area contributed by atoms with Gasteiger partial charge in [0, 0.05) is 5.03 Å². The molecule has 0 aliphatic heterocycles. The van der Waals surface area contributed by atoms with Crippen LogP contribution in [-0.4, -0.2) is 27.2 Å². The van der Waals surface area contributed by atoms with Gasteiger partial charge < -0.3 is 15.4 Å². The van der Waals surface area contributed by atoms with E-state index in [9.17, 15) is 14.9 Å². The molecule has 86 valence electrons. The molecule has 1 N–H and O–H groups in total. The molecule has 1 rings (SSSR count). The molecule has 1 aromatic rings. The number of nitrogens with zero attached hydrogens (tertiary/aromatic N) is 3. The molecule has 0 aliphatic carbocycles. The van der Waals surface area contributed by atoms with E-state index in [4.69, 9.17) is 11.6 Å². The number of carbonyl (C=O) groups is 1. The smallest absolute Gasteiger partial charge is 0.358 e. The Morgan fingerprint density at radius 2 is 2.44 bits per heavy atom. The molecular formula is C8H9ClN4O3. The van der Waals surface area contributed by atoms with Crippen molar-refractivity contribution in [1.29, 1.82) is 0 Å². The zero-order valence-electron chi connectivity index (χ0n) is 8.22. The standard InChI is InChI=1S/C8H9ClN4O3/c1-6(9)4-10-8(14)5-12-3-2-7(11-12)13(15)16/h2-3H,1,4-5H2,(H,10,14). The summed E-state index contributed by atoms with van der Waals surface area (Å²) in [5, 5.41) is 16.7. The predicted octanol–water partition coefficient (Wildman–Crippen LogP) is 0.660. The Labute approximate surface area is 95.8 Å². The maximum atomic E-state index is 11.3. The summed E-state index contributed by atoms with van der Waals surface area (Å²) in [7, 11) is 0. The lowest BCUT2D eigenvalue weighted by Gasteiger charge is -2.01. The van der Waals surface area contributed by atoms with Crippen LogP contribution < -0.4 is 5.32 Å². The summed E-state index contributed by atoms with van der Waals surface area (Å²) in [6.07, 6.45) is 1.35. The third-order valence-corrected chi connectivity index (χ3v) is 1.73. The van der Waals surface area contributed by atoms with Gasteiger partial charge in [-0.3, -0.25) is 4.79 Å². The van der Waals surface area contributed by atoms with Gasteiger partial charge in [-0.2, -0.15) is 4.68 Å². The van der Waals surface area contributed by atoms with Crippen molar-refractivity contribution in [3.05, 3.63) is 34.0 Å². The second kappa shape index (κ2) is 5.26. The summed E-state index contributed by atoms with van der Waals surface area (Å²) in [5.41, 5.74) is 0. The molecule has 16 heavy (non-hydrogen) atoms. The van der Waals surface area contributed by atoms with Crippen LogP contribution in [0.5, 0.6) is 0 Å². The van der Waals surface area contributed by atoms with Crippen molar-refractivity contribution in [1.82, 2.24) is 15.1 Å². The molecule has 0 bridgehead atoms. The van der Waals surface area contributed by atoms with Crippen LogP contribution in [0.3, 0.4) is 0 Å². The first-order chi connectivity index (χ1) is 7.49. The lowest BCUT2D eigenvalue weighted by atomic mass is 10.5. The van der Waals surface area contributed by atoms with Gasteiger partial charge in [0.25, 0.3) is 0 Å². The minimum absolute atomic E-state index is 0.0992. The van der Waals surface area contributed by atoms with Crippen LogP contribution in [0.4, 0.5) is 5.82 Å². The number of halogens is 1. The summed E-state index contributed by atoms with van der Waals surface area (Å²) in [6.45, 7) is 3.46. The second-order valence-corrected chi connectivity index (χ2v) is 3.46.